The van der Waals surface area contributed by atoms with E-state index in [4.69, 9.17) is 0 Å². The number of allylic oxidation sites excluding steroid dienone is 2. The zero-order chi connectivity index (χ0) is 17.2. The van der Waals surface area contributed by atoms with Gasteiger partial charge in [0.2, 0.25) is 5.91 Å². The van der Waals surface area contributed by atoms with Crippen LogP contribution in [0.2, 0.25) is 0 Å². The van der Waals surface area contributed by atoms with Gasteiger partial charge >= 0.3 is 0 Å². The van der Waals surface area contributed by atoms with E-state index in [1.165, 1.54) is 19.1 Å². The van der Waals surface area contributed by atoms with E-state index in [0.29, 0.717) is 0 Å². The van der Waals surface area contributed by atoms with Crippen LogP contribution in [-0.4, -0.2) is 5.91 Å². The Labute approximate surface area is 141 Å². The highest BCUT2D eigenvalue weighted by Crippen LogP contribution is 2.36. The van der Waals surface area contributed by atoms with Gasteiger partial charge in [0.25, 0.3) is 0 Å². The van der Waals surface area contributed by atoms with Crippen molar-refractivity contribution in [3.05, 3.63) is 89.9 Å². The zero-order valence-corrected chi connectivity index (χ0v) is 13.7. The molecule has 0 fully saturated rings. The van der Waals surface area contributed by atoms with E-state index in [-0.39, 0.29) is 11.7 Å². The van der Waals surface area contributed by atoms with Gasteiger partial charge in [0.05, 0.1) is 0 Å². The van der Waals surface area contributed by atoms with Gasteiger partial charge in [-0.3, -0.25) is 4.79 Å². The van der Waals surface area contributed by atoms with Crippen LogP contribution >= 0.6 is 0 Å². The quantitative estimate of drug-likeness (QED) is 0.926. The maximum atomic E-state index is 13.4. The van der Waals surface area contributed by atoms with Gasteiger partial charge in [-0.05, 0) is 42.8 Å². The molecule has 0 radical (unpaired) electrons. The normalized spacial score (nSPS) is 19.4. The fraction of sp³-hybridized carbons (Fsp3) is 0.150. The first kappa shape index (κ1) is 16.0. The maximum absolute atomic E-state index is 13.4. The van der Waals surface area contributed by atoms with E-state index in [2.05, 4.69) is 5.32 Å². The molecule has 1 unspecified atom stereocenters. The number of carbonyl (C=O) groups excluding carboxylic acids is 1. The molecule has 24 heavy (non-hydrogen) atoms. The number of amides is 1. The van der Waals surface area contributed by atoms with Crippen molar-refractivity contribution in [3.8, 4) is 0 Å². The molecule has 0 spiro atoms. The number of nitrogens with zero attached hydrogens (tertiary/aromatic N) is 1. The number of para-hydroxylation sites is 1. The summed E-state index contributed by atoms with van der Waals surface area (Å²) in [7, 11) is 0. The van der Waals surface area contributed by atoms with Gasteiger partial charge in [-0.1, -0.05) is 36.4 Å². The van der Waals surface area contributed by atoms with Gasteiger partial charge in [-0.2, -0.15) is 0 Å². The van der Waals surface area contributed by atoms with Gasteiger partial charge in [0, 0.05) is 24.4 Å². The van der Waals surface area contributed by atoms with Crippen LogP contribution in [0.3, 0.4) is 0 Å². The minimum Gasteiger partial charge on any atom is -0.326 e. The number of halogens is 1. The molecule has 0 saturated heterocycles. The standard InChI is InChI=1S/C20H19FN2O/c1-15-7-3-4-8-19(15)23-14-6-5-13-20(23,22-16(2)24)17-9-11-18(21)12-10-17/h3-14H,1-2H3,(H,22,24). The number of hydrogen-bond acceptors (Lipinski definition) is 2. The van der Waals surface area contributed by atoms with Crippen LogP contribution in [-0.2, 0) is 10.5 Å². The molecular formula is C20H19FN2O. The van der Waals surface area contributed by atoms with Crippen LogP contribution < -0.4 is 10.2 Å². The first-order valence-electron chi connectivity index (χ1n) is 7.79. The van der Waals surface area contributed by atoms with Crippen LogP contribution in [0.15, 0.2) is 73.0 Å². The summed E-state index contributed by atoms with van der Waals surface area (Å²) < 4.78 is 13.4. The van der Waals surface area contributed by atoms with Crippen LogP contribution in [0.1, 0.15) is 18.1 Å². The van der Waals surface area contributed by atoms with Crippen LogP contribution in [0.4, 0.5) is 10.1 Å². The number of nitrogens with one attached hydrogen (secondary N) is 1. The van der Waals surface area contributed by atoms with Crippen molar-refractivity contribution in [3.63, 3.8) is 0 Å². The Morgan fingerprint density at radius 2 is 1.79 bits per heavy atom. The second-order valence-electron chi connectivity index (χ2n) is 5.81. The number of benzene rings is 2. The largest absolute Gasteiger partial charge is 0.326 e. The average Bonchev–Trinajstić information content (AvgIpc) is 2.56. The number of aryl methyl sites for hydroxylation is 1. The van der Waals surface area contributed by atoms with Crippen molar-refractivity contribution >= 4 is 11.6 Å². The summed E-state index contributed by atoms with van der Waals surface area (Å²) >= 11 is 0. The molecule has 1 aliphatic rings. The van der Waals surface area contributed by atoms with Gasteiger partial charge < -0.3 is 10.2 Å². The second kappa shape index (κ2) is 6.32. The first-order chi connectivity index (χ1) is 11.5. The Hall–Kier alpha value is -2.88. The highest BCUT2D eigenvalue weighted by Gasteiger charge is 2.38. The Morgan fingerprint density at radius 1 is 1.08 bits per heavy atom. The molecule has 0 saturated carbocycles. The molecular weight excluding hydrogens is 303 g/mol. The summed E-state index contributed by atoms with van der Waals surface area (Å²) in [5, 5.41) is 3.03. The lowest BCUT2D eigenvalue weighted by molar-refractivity contribution is -0.120. The van der Waals surface area contributed by atoms with E-state index >= 15 is 0 Å². The molecule has 1 amide bonds. The van der Waals surface area contributed by atoms with Crippen LogP contribution in [0.25, 0.3) is 0 Å². The number of rotatable bonds is 3. The van der Waals surface area contributed by atoms with Gasteiger partial charge in [-0.15, -0.1) is 0 Å². The van der Waals surface area contributed by atoms with Crippen molar-refractivity contribution in [1.29, 1.82) is 0 Å². The van der Waals surface area contributed by atoms with E-state index in [0.717, 1.165) is 16.8 Å². The van der Waals surface area contributed by atoms with Crippen molar-refractivity contribution < 1.29 is 9.18 Å². The van der Waals surface area contributed by atoms with Crippen LogP contribution in [0, 0.1) is 12.7 Å². The average molecular weight is 322 g/mol. The molecule has 1 heterocycles. The smallest absolute Gasteiger partial charge is 0.219 e. The molecule has 0 bridgehead atoms. The maximum Gasteiger partial charge on any atom is 0.219 e. The number of hydrogen-bond donors (Lipinski definition) is 1. The molecule has 1 atom stereocenters. The fourth-order valence-electron chi connectivity index (χ4n) is 3.01. The molecule has 2 aromatic carbocycles. The molecule has 0 aromatic heterocycles. The number of carbonyl (C=O) groups is 1. The van der Waals surface area contributed by atoms with Gasteiger partial charge in [0.1, 0.15) is 5.82 Å². The monoisotopic (exact) mass is 322 g/mol. The van der Waals surface area contributed by atoms with Crippen molar-refractivity contribution in [2.75, 3.05) is 4.90 Å². The summed E-state index contributed by atoms with van der Waals surface area (Å²) in [6, 6.07) is 14.1. The predicted octanol–water partition coefficient (Wildman–Crippen LogP) is 4.01. The molecule has 3 rings (SSSR count). The highest BCUT2D eigenvalue weighted by molar-refractivity contribution is 5.77. The second-order valence-corrected chi connectivity index (χ2v) is 5.81. The molecule has 0 aliphatic carbocycles. The Bertz CT molecular complexity index is 811. The van der Waals surface area contributed by atoms with E-state index in [1.54, 1.807) is 12.1 Å². The zero-order valence-electron chi connectivity index (χ0n) is 13.7. The third-order valence-electron chi connectivity index (χ3n) is 4.09. The molecule has 2 aromatic rings. The van der Waals surface area contributed by atoms with Gasteiger partial charge in [0.15, 0.2) is 5.66 Å². The first-order valence-corrected chi connectivity index (χ1v) is 7.79. The van der Waals surface area contributed by atoms with Crippen molar-refractivity contribution in [2.24, 2.45) is 0 Å². The van der Waals surface area contributed by atoms with Crippen molar-refractivity contribution in [1.82, 2.24) is 5.32 Å². The highest BCUT2D eigenvalue weighted by atomic mass is 19.1. The summed E-state index contributed by atoms with van der Waals surface area (Å²) in [5.74, 6) is -0.479. The fourth-order valence-corrected chi connectivity index (χ4v) is 3.01. The minimum atomic E-state index is -0.902. The molecule has 1 aliphatic heterocycles. The Morgan fingerprint density at radius 3 is 2.46 bits per heavy atom. The lowest BCUT2D eigenvalue weighted by Crippen LogP contribution is -2.55. The van der Waals surface area contributed by atoms with Gasteiger partial charge in [-0.25, -0.2) is 4.39 Å². The number of anilines is 1. The summed E-state index contributed by atoms with van der Waals surface area (Å²) in [5.41, 5.74) is 1.92. The summed E-state index contributed by atoms with van der Waals surface area (Å²) in [6.07, 6.45) is 7.62. The van der Waals surface area contributed by atoms with E-state index < -0.39 is 5.66 Å². The van der Waals surface area contributed by atoms with E-state index in [1.807, 2.05) is 60.5 Å². The third-order valence-corrected chi connectivity index (χ3v) is 4.09. The lowest BCUT2D eigenvalue weighted by Gasteiger charge is -2.44. The third kappa shape index (κ3) is 2.83. The van der Waals surface area contributed by atoms with E-state index in [9.17, 15) is 9.18 Å². The topological polar surface area (TPSA) is 32.3 Å². The molecule has 3 nitrogen and oxygen atoms in total. The lowest BCUT2D eigenvalue weighted by atomic mass is 9.93. The SMILES string of the molecule is CC(=O)NC1(c2ccc(F)cc2)C=CC=CN1c1ccccc1C. The molecule has 122 valence electrons. The van der Waals surface area contributed by atoms with Crippen LogP contribution in [0.5, 0.6) is 0 Å². The Balaban J connectivity index is 2.19. The molecule has 4 heteroatoms. The predicted molar refractivity (Wildman–Crippen MR) is 93.8 cm³/mol. The summed E-state index contributed by atoms with van der Waals surface area (Å²) in [4.78, 5) is 13.9. The molecule has 1 N–H and O–H groups in total. The van der Waals surface area contributed by atoms with Crippen molar-refractivity contribution in [2.45, 2.75) is 19.5 Å². The Kier molecular flexibility index (Phi) is 4.21. The summed E-state index contributed by atoms with van der Waals surface area (Å²) in [6.45, 7) is 3.50. The minimum absolute atomic E-state index is 0.169.